The van der Waals surface area contributed by atoms with E-state index in [0.717, 1.165) is 46.1 Å². The Bertz CT molecular complexity index is 1820. The number of methoxy groups -OCH3 is 4. The Balaban J connectivity index is 0.000000370. The molecule has 14 nitrogen and oxygen atoms in total. The third kappa shape index (κ3) is 14.8. The van der Waals surface area contributed by atoms with E-state index in [1.165, 1.54) is 38.2 Å². The molecule has 0 bridgehead atoms. The third-order valence-electron chi connectivity index (χ3n) is 14.3. The van der Waals surface area contributed by atoms with Crippen molar-refractivity contribution >= 4 is 40.6 Å². The van der Waals surface area contributed by atoms with E-state index in [0.29, 0.717) is 22.6 Å². The maximum atomic E-state index is 13.7. The van der Waals surface area contributed by atoms with Gasteiger partial charge in [-0.1, -0.05) is 65.8 Å². The van der Waals surface area contributed by atoms with Crippen LogP contribution in [0.25, 0.3) is 0 Å². The maximum absolute atomic E-state index is 13.7. The first-order chi connectivity index (χ1) is 32.9. The molecule has 0 saturated carbocycles. The van der Waals surface area contributed by atoms with Crippen molar-refractivity contribution in [2.24, 2.45) is 0 Å². The number of alkyl halides is 6. The standard InChI is InChI=1S/2C24H37F3N2O5Si/c2*1-7-35(8-2,9-3)34-16-21-20(14-17(4)29(21)23(31)33-6)28(22(30)24(25,26)27)15-18-10-12-19(32-5)13-11-18/h2*10-13,17,20-21H,7-9,14-16H2,1-6H3/t2*17-,20+,21+/m11/s1. The highest BCUT2D eigenvalue weighted by molar-refractivity contribution is 6.74. The monoisotopic (exact) mass is 1040 g/mol. The molecule has 2 saturated heterocycles. The number of benzene rings is 2. The van der Waals surface area contributed by atoms with Crippen LogP contribution < -0.4 is 9.47 Å². The molecule has 0 aliphatic carbocycles. The summed E-state index contributed by atoms with van der Waals surface area (Å²) in [6.45, 7) is 15.4. The van der Waals surface area contributed by atoms with Gasteiger partial charge in [-0.3, -0.25) is 19.4 Å². The van der Waals surface area contributed by atoms with Gasteiger partial charge in [-0.15, -0.1) is 0 Å². The third-order valence-corrected chi connectivity index (χ3v) is 23.6. The molecule has 2 aromatic rings. The molecule has 4 amide bonds. The van der Waals surface area contributed by atoms with E-state index in [2.05, 4.69) is 41.5 Å². The largest absolute Gasteiger partial charge is 0.497 e. The molecule has 0 spiro atoms. The van der Waals surface area contributed by atoms with Gasteiger partial charge in [0.15, 0.2) is 16.6 Å². The van der Waals surface area contributed by atoms with Crippen molar-refractivity contribution < 1.29 is 73.3 Å². The highest BCUT2D eigenvalue weighted by atomic mass is 28.4. The van der Waals surface area contributed by atoms with Crippen LogP contribution >= 0.6 is 0 Å². The van der Waals surface area contributed by atoms with Gasteiger partial charge >= 0.3 is 36.4 Å². The van der Waals surface area contributed by atoms with Crippen LogP contribution in [-0.4, -0.2) is 150 Å². The Morgan fingerprint density at radius 2 is 0.829 bits per heavy atom. The number of amides is 4. The summed E-state index contributed by atoms with van der Waals surface area (Å²) in [6.07, 6.45) is -11.0. The topological polar surface area (TPSA) is 137 Å². The molecular weight excluding hydrogens is 963 g/mol. The van der Waals surface area contributed by atoms with Crippen LogP contribution in [0.4, 0.5) is 35.9 Å². The normalized spacial score (nSPS) is 20.6. The molecule has 2 aliphatic rings. The fraction of sp³-hybridized carbons (Fsp3) is 0.667. The van der Waals surface area contributed by atoms with E-state index in [4.69, 9.17) is 27.8 Å². The molecule has 0 unspecified atom stereocenters. The van der Waals surface area contributed by atoms with Crippen molar-refractivity contribution in [2.45, 2.75) is 166 Å². The number of ether oxygens (including phenoxy) is 4. The molecule has 6 atom stereocenters. The van der Waals surface area contributed by atoms with Gasteiger partial charge in [-0.25, -0.2) is 9.59 Å². The van der Waals surface area contributed by atoms with E-state index in [1.54, 1.807) is 62.4 Å². The molecule has 0 aromatic heterocycles. The van der Waals surface area contributed by atoms with Gasteiger partial charge < -0.3 is 37.6 Å². The number of hydrogen-bond acceptors (Lipinski definition) is 10. The zero-order valence-corrected chi connectivity index (χ0v) is 44.7. The Morgan fingerprint density at radius 3 is 1.06 bits per heavy atom. The quantitative estimate of drug-likeness (QED) is 0.0931. The minimum Gasteiger partial charge on any atom is -0.497 e. The number of carbonyl (C=O) groups is 4. The molecule has 70 heavy (non-hydrogen) atoms. The fourth-order valence-corrected chi connectivity index (χ4v) is 14.9. The number of rotatable bonds is 20. The second kappa shape index (κ2) is 26.2. The number of halogens is 6. The second-order valence-electron chi connectivity index (χ2n) is 17.9. The fourth-order valence-electron chi connectivity index (χ4n) is 9.66. The van der Waals surface area contributed by atoms with Crippen molar-refractivity contribution in [3.05, 3.63) is 59.7 Å². The molecule has 4 rings (SSSR count). The Kier molecular flexibility index (Phi) is 22.4. The summed E-state index contributed by atoms with van der Waals surface area (Å²) in [5.41, 5.74) is 1.04. The van der Waals surface area contributed by atoms with Crippen LogP contribution in [0.5, 0.6) is 11.5 Å². The van der Waals surface area contributed by atoms with E-state index in [9.17, 15) is 45.5 Å². The maximum Gasteiger partial charge on any atom is 0.471 e. The molecule has 2 fully saturated rings. The number of carbonyl (C=O) groups excluding carboxylic acids is 4. The summed E-state index contributed by atoms with van der Waals surface area (Å²) in [6, 6.07) is 14.0. The van der Waals surface area contributed by atoms with Crippen LogP contribution in [0.1, 0.15) is 79.4 Å². The molecule has 0 radical (unpaired) electrons. The average Bonchev–Trinajstić information content (AvgIpc) is 3.87. The van der Waals surface area contributed by atoms with Crippen LogP contribution in [0, 0.1) is 0 Å². The highest BCUT2D eigenvalue weighted by Crippen LogP contribution is 2.37. The van der Waals surface area contributed by atoms with Crippen molar-refractivity contribution in [3.8, 4) is 11.5 Å². The SMILES string of the molecule is CC[Si](CC)(CC)OC[C@H]1[C@@H](N(Cc2ccc(OC)cc2)C(=O)C(F)(F)F)C[C@@H](C)N1C(=O)OC.CC[Si](CC)(CC)OC[C@H]1[C@@H](N(Cc2ccc(OC)cc2)C(=O)C(F)(F)F)C[C@@H](C)N1C(=O)OC. The first kappa shape index (κ1) is 59.8. The van der Waals surface area contributed by atoms with Crippen molar-refractivity contribution in [1.82, 2.24) is 19.6 Å². The second-order valence-corrected chi connectivity index (χ2v) is 27.4. The minimum absolute atomic E-state index is 0.0517. The number of likely N-dealkylation sites (tertiary alicyclic amines) is 2. The minimum atomic E-state index is -5.06. The van der Waals surface area contributed by atoms with Gasteiger partial charge in [0.25, 0.3) is 0 Å². The molecule has 2 aromatic carbocycles. The zero-order valence-electron chi connectivity index (χ0n) is 42.7. The van der Waals surface area contributed by atoms with Crippen LogP contribution in [0.15, 0.2) is 48.5 Å². The van der Waals surface area contributed by atoms with E-state index >= 15 is 0 Å². The van der Waals surface area contributed by atoms with E-state index in [1.807, 2.05) is 0 Å². The summed E-state index contributed by atoms with van der Waals surface area (Å²) in [4.78, 5) is 55.1. The van der Waals surface area contributed by atoms with Gasteiger partial charge in [-0.2, -0.15) is 26.3 Å². The van der Waals surface area contributed by atoms with Gasteiger partial charge in [0, 0.05) is 25.2 Å². The van der Waals surface area contributed by atoms with Crippen molar-refractivity contribution in [1.29, 1.82) is 0 Å². The lowest BCUT2D eigenvalue weighted by atomic mass is 10.0. The first-order valence-corrected chi connectivity index (χ1v) is 29.0. The first-order valence-electron chi connectivity index (χ1n) is 23.9. The molecule has 2 heterocycles. The zero-order chi connectivity index (χ0) is 52.8. The van der Waals surface area contributed by atoms with Crippen molar-refractivity contribution in [3.63, 3.8) is 0 Å². The average molecular weight is 1040 g/mol. The van der Waals surface area contributed by atoms with Gasteiger partial charge in [-0.05, 0) is 98.3 Å². The van der Waals surface area contributed by atoms with Crippen LogP contribution in [0.2, 0.25) is 36.3 Å². The number of nitrogens with zero attached hydrogens (tertiary/aromatic N) is 4. The predicted molar refractivity (Wildman–Crippen MR) is 257 cm³/mol. The van der Waals surface area contributed by atoms with E-state index < -0.39 is 89.2 Å². The summed E-state index contributed by atoms with van der Waals surface area (Å²) >= 11 is 0. The summed E-state index contributed by atoms with van der Waals surface area (Å²) < 4.78 is 115. The molecule has 396 valence electrons. The predicted octanol–water partition coefficient (Wildman–Crippen LogP) is 10.4. The van der Waals surface area contributed by atoms with E-state index in [-0.39, 0.29) is 39.1 Å². The van der Waals surface area contributed by atoms with Gasteiger partial charge in [0.2, 0.25) is 0 Å². The lowest BCUT2D eigenvalue weighted by Crippen LogP contribution is -2.55. The Labute approximate surface area is 411 Å². The van der Waals surface area contributed by atoms with Gasteiger partial charge in [0.05, 0.1) is 65.8 Å². The van der Waals surface area contributed by atoms with Crippen LogP contribution in [-0.2, 0) is 41.0 Å². The smallest absolute Gasteiger partial charge is 0.471 e. The summed E-state index contributed by atoms with van der Waals surface area (Å²) in [7, 11) is 1.23. The lowest BCUT2D eigenvalue weighted by molar-refractivity contribution is -0.189. The van der Waals surface area contributed by atoms with Crippen LogP contribution in [0.3, 0.4) is 0 Å². The summed E-state index contributed by atoms with van der Waals surface area (Å²) in [5, 5.41) is 0. The lowest BCUT2D eigenvalue weighted by Gasteiger charge is -2.38. The molecule has 2 aliphatic heterocycles. The molecule has 22 heteroatoms. The molecule has 0 N–H and O–H groups in total. The summed E-state index contributed by atoms with van der Waals surface area (Å²) in [5.74, 6) is -2.76. The van der Waals surface area contributed by atoms with Gasteiger partial charge in [0.1, 0.15) is 11.5 Å². The molecular formula is C48H74F6N4O10Si2. The highest BCUT2D eigenvalue weighted by Gasteiger charge is 2.54. The van der Waals surface area contributed by atoms with Crippen molar-refractivity contribution in [2.75, 3.05) is 41.7 Å². The Morgan fingerprint density at radius 1 is 0.543 bits per heavy atom. The Hall–Kier alpha value is -4.55. The number of hydrogen-bond donors (Lipinski definition) is 0.